The molecule has 1 aliphatic rings. The van der Waals surface area contributed by atoms with Crippen molar-refractivity contribution in [1.29, 1.82) is 0 Å². The first-order valence-corrected chi connectivity index (χ1v) is 12.5. The van der Waals surface area contributed by atoms with E-state index in [0.717, 1.165) is 45.9 Å². The van der Waals surface area contributed by atoms with Gasteiger partial charge >= 0.3 is 5.97 Å². The van der Waals surface area contributed by atoms with Crippen LogP contribution in [0.1, 0.15) is 56.4 Å². The molecule has 1 aromatic carbocycles. The fraction of sp³-hybridized carbons (Fsp3) is 0.391. The smallest absolute Gasteiger partial charge is 0.341 e. The average Bonchev–Trinajstić information content (AvgIpc) is 3.50. The van der Waals surface area contributed by atoms with Gasteiger partial charge in [-0.3, -0.25) is 14.5 Å². The molecule has 1 atom stereocenters. The van der Waals surface area contributed by atoms with Gasteiger partial charge in [0.25, 0.3) is 5.91 Å². The van der Waals surface area contributed by atoms with E-state index >= 15 is 0 Å². The van der Waals surface area contributed by atoms with Gasteiger partial charge in [-0.15, -0.1) is 22.7 Å². The molecule has 1 aliphatic heterocycles. The normalized spacial score (nSPS) is 16.2. The molecule has 1 fully saturated rings. The molecule has 1 unspecified atom stereocenters. The maximum absolute atomic E-state index is 13.0. The first-order chi connectivity index (χ1) is 15.9. The van der Waals surface area contributed by atoms with E-state index in [1.165, 1.54) is 7.05 Å². The van der Waals surface area contributed by atoms with Crippen molar-refractivity contribution < 1.29 is 19.1 Å². The van der Waals surface area contributed by atoms with Gasteiger partial charge < -0.3 is 15.4 Å². The number of fused-ring (bicyclic) bond motifs is 1. The van der Waals surface area contributed by atoms with Crippen molar-refractivity contribution in [3.63, 3.8) is 0 Å². The number of esters is 1. The topological polar surface area (TPSA) is 101 Å². The molecule has 3 heterocycles. The van der Waals surface area contributed by atoms with Crippen LogP contribution in [0.25, 0.3) is 10.2 Å². The third-order valence-electron chi connectivity index (χ3n) is 5.62. The number of ether oxygens (including phenoxy) is 1. The number of thiophene rings is 1. The Morgan fingerprint density at radius 2 is 2.03 bits per heavy atom. The second-order valence-electron chi connectivity index (χ2n) is 7.76. The molecular weight excluding hydrogens is 460 g/mol. The minimum atomic E-state index is -0.551. The first-order valence-electron chi connectivity index (χ1n) is 10.8. The molecule has 0 bridgehead atoms. The molecule has 0 saturated carbocycles. The van der Waals surface area contributed by atoms with Crippen molar-refractivity contribution in [3.8, 4) is 0 Å². The van der Waals surface area contributed by atoms with E-state index in [1.54, 1.807) is 25.2 Å². The average molecular weight is 487 g/mol. The zero-order chi connectivity index (χ0) is 23.5. The number of benzene rings is 1. The highest BCUT2D eigenvalue weighted by atomic mass is 32.1. The SMILES string of the molecule is CCOC(=O)c1c(NC(=O)CN2CCCC2c2nc3ccccc3s2)sc(C(=O)NC)c1C. The molecule has 10 heteroatoms. The second-order valence-corrected chi connectivity index (χ2v) is 9.84. The fourth-order valence-electron chi connectivity index (χ4n) is 4.06. The van der Waals surface area contributed by atoms with Crippen LogP contribution in [0.4, 0.5) is 5.00 Å². The number of amides is 2. The van der Waals surface area contributed by atoms with Gasteiger partial charge in [-0.2, -0.15) is 0 Å². The summed E-state index contributed by atoms with van der Waals surface area (Å²) in [5, 5.41) is 6.78. The number of likely N-dealkylation sites (tertiary alicyclic amines) is 1. The van der Waals surface area contributed by atoms with E-state index in [4.69, 9.17) is 9.72 Å². The second kappa shape index (κ2) is 9.98. The summed E-state index contributed by atoms with van der Waals surface area (Å²) >= 11 is 2.75. The molecule has 174 valence electrons. The van der Waals surface area contributed by atoms with Gasteiger partial charge in [0, 0.05) is 7.05 Å². The van der Waals surface area contributed by atoms with E-state index in [9.17, 15) is 14.4 Å². The molecule has 1 saturated heterocycles. The zero-order valence-corrected chi connectivity index (χ0v) is 20.4. The molecule has 4 rings (SSSR count). The number of anilines is 1. The minimum Gasteiger partial charge on any atom is -0.462 e. The summed E-state index contributed by atoms with van der Waals surface area (Å²) in [4.78, 5) is 45.1. The van der Waals surface area contributed by atoms with E-state index < -0.39 is 5.97 Å². The minimum absolute atomic E-state index is 0.0872. The van der Waals surface area contributed by atoms with Crippen LogP contribution in [0, 0.1) is 6.92 Å². The van der Waals surface area contributed by atoms with Crippen LogP contribution in [0.2, 0.25) is 0 Å². The van der Waals surface area contributed by atoms with Gasteiger partial charge in [-0.25, -0.2) is 9.78 Å². The van der Waals surface area contributed by atoms with Crippen LogP contribution in [0.15, 0.2) is 24.3 Å². The van der Waals surface area contributed by atoms with Crippen LogP contribution >= 0.6 is 22.7 Å². The highest BCUT2D eigenvalue weighted by Crippen LogP contribution is 2.37. The van der Waals surface area contributed by atoms with Crippen molar-refractivity contribution in [2.45, 2.75) is 32.7 Å². The molecule has 8 nitrogen and oxygen atoms in total. The van der Waals surface area contributed by atoms with Crippen LogP contribution in [-0.4, -0.2) is 54.4 Å². The molecule has 33 heavy (non-hydrogen) atoms. The van der Waals surface area contributed by atoms with Gasteiger partial charge in [0.15, 0.2) is 0 Å². The number of carbonyl (C=O) groups is 3. The lowest BCUT2D eigenvalue weighted by Crippen LogP contribution is -2.33. The standard InChI is InChI=1S/C23H26N4O4S2/c1-4-31-23(30)18-13(2)19(20(29)24-3)33-22(18)26-17(28)12-27-11-7-9-15(27)21-25-14-8-5-6-10-16(14)32-21/h5-6,8,10,15H,4,7,9,11-12H2,1-3H3,(H,24,29)(H,26,28). The number of rotatable bonds is 7. The Hall–Kier alpha value is -2.82. The van der Waals surface area contributed by atoms with E-state index in [0.29, 0.717) is 15.4 Å². The van der Waals surface area contributed by atoms with Gasteiger partial charge in [-0.1, -0.05) is 12.1 Å². The lowest BCUT2D eigenvalue weighted by molar-refractivity contribution is -0.117. The first kappa shape index (κ1) is 23.3. The maximum atomic E-state index is 13.0. The maximum Gasteiger partial charge on any atom is 0.341 e. The molecular formula is C23H26N4O4S2. The van der Waals surface area contributed by atoms with Crippen LogP contribution in [-0.2, 0) is 9.53 Å². The molecule has 0 aliphatic carbocycles. The molecule has 0 radical (unpaired) electrons. The number of aromatic nitrogens is 1. The van der Waals surface area contributed by atoms with Crippen molar-refractivity contribution in [2.24, 2.45) is 0 Å². The molecule has 2 amide bonds. The monoisotopic (exact) mass is 486 g/mol. The Morgan fingerprint density at radius 1 is 1.24 bits per heavy atom. The Kier molecular flexibility index (Phi) is 7.06. The van der Waals surface area contributed by atoms with Gasteiger partial charge in [-0.05, 0) is 50.9 Å². The Labute approximate surface area is 200 Å². The van der Waals surface area contributed by atoms with Crippen molar-refractivity contribution in [3.05, 3.63) is 45.3 Å². The summed E-state index contributed by atoms with van der Waals surface area (Å²) < 4.78 is 6.30. The summed E-state index contributed by atoms with van der Waals surface area (Å²) in [5.74, 6) is -1.09. The third kappa shape index (κ3) is 4.78. The van der Waals surface area contributed by atoms with Crippen molar-refractivity contribution in [2.75, 3.05) is 32.1 Å². The van der Waals surface area contributed by atoms with Gasteiger partial charge in [0.05, 0.1) is 39.9 Å². The zero-order valence-electron chi connectivity index (χ0n) is 18.8. The number of carbonyl (C=O) groups excluding carboxylic acids is 3. The fourth-order valence-corrected chi connectivity index (χ4v) is 6.35. The molecule has 0 spiro atoms. The number of para-hydroxylation sites is 1. The van der Waals surface area contributed by atoms with Crippen LogP contribution in [0.3, 0.4) is 0 Å². The predicted octanol–water partition coefficient (Wildman–Crippen LogP) is 3.98. The number of thiazole rings is 1. The van der Waals surface area contributed by atoms with Crippen molar-refractivity contribution in [1.82, 2.24) is 15.2 Å². The quantitative estimate of drug-likeness (QED) is 0.490. The van der Waals surface area contributed by atoms with E-state index in [1.807, 2.05) is 18.2 Å². The Bertz CT molecular complexity index is 1170. The third-order valence-corrected chi connectivity index (χ3v) is 7.96. The van der Waals surface area contributed by atoms with Gasteiger partial charge in [0.2, 0.25) is 5.91 Å². The largest absolute Gasteiger partial charge is 0.462 e. The van der Waals surface area contributed by atoms with Crippen LogP contribution < -0.4 is 10.6 Å². The highest BCUT2D eigenvalue weighted by molar-refractivity contribution is 7.19. The number of nitrogens with zero attached hydrogens (tertiary/aromatic N) is 2. The Balaban J connectivity index is 1.53. The number of hydrogen-bond acceptors (Lipinski definition) is 8. The van der Waals surface area contributed by atoms with Crippen molar-refractivity contribution >= 4 is 55.7 Å². The molecule has 2 N–H and O–H groups in total. The summed E-state index contributed by atoms with van der Waals surface area (Å²) in [6.45, 7) is 4.58. The highest BCUT2D eigenvalue weighted by Gasteiger charge is 2.31. The lowest BCUT2D eigenvalue weighted by atomic mass is 10.1. The van der Waals surface area contributed by atoms with Crippen LogP contribution in [0.5, 0.6) is 0 Å². The van der Waals surface area contributed by atoms with Gasteiger partial charge in [0.1, 0.15) is 10.0 Å². The predicted molar refractivity (Wildman–Crippen MR) is 130 cm³/mol. The number of hydrogen-bond donors (Lipinski definition) is 2. The summed E-state index contributed by atoms with van der Waals surface area (Å²) in [6, 6.07) is 8.12. The summed E-state index contributed by atoms with van der Waals surface area (Å²) in [6.07, 6.45) is 1.93. The summed E-state index contributed by atoms with van der Waals surface area (Å²) in [5.41, 5.74) is 1.71. The molecule has 3 aromatic rings. The van der Waals surface area contributed by atoms with E-state index in [-0.39, 0.29) is 36.6 Å². The Morgan fingerprint density at radius 3 is 2.76 bits per heavy atom. The lowest BCUT2D eigenvalue weighted by Gasteiger charge is -2.22. The van der Waals surface area contributed by atoms with E-state index in [2.05, 4.69) is 21.6 Å². The molecule has 2 aromatic heterocycles. The summed E-state index contributed by atoms with van der Waals surface area (Å²) in [7, 11) is 1.53. The number of nitrogens with one attached hydrogen (secondary N) is 2.